The highest BCUT2D eigenvalue weighted by molar-refractivity contribution is 7.51. The lowest BCUT2D eigenvalue weighted by Gasteiger charge is -2.10. The number of rotatable bonds is 9. The summed E-state index contributed by atoms with van der Waals surface area (Å²) in [6.07, 6.45) is 7.53. The molecule has 0 amide bonds. The van der Waals surface area contributed by atoms with E-state index < -0.39 is 8.15 Å². The second-order valence-corrected chi connectivity index (χ2v) is 6.80. The van der Waals surface area contributed by atoms with E-state index in [9.17, 15) is 4.89 Å². The lowest BCUT2D eigenvalue weighted by atomic mass is 10.1. The van der Waals surface area contributed by atoms with E-state index in [-0.39, 0.29) is 0 Å². The minimum absolute atomic E-state index is 0.740. The molecule has 18 heavy (non-hydrogen) atoms. The maximum Gasteiger partial charge on any atom is 0.0251 e. The van der Waals surface area contributed by atoms with Gasteiger partial charge in [-0.25, -0.2) is 0 Å². The molecule has 1 unspecified atom stereocenters. The van der Waals surface area contributed by atoms with E-state index in [1.807, 2.05) is 0 Å². The molecule has 0 aliphatic heterocycles. The number of hydrogen-bond donors (Lipinski definition) is 2. The predicted molar refractivity (Wildman–Crippen MR) is 81.3 cm³/mol. The number of benzene rings is 1. The normalized spacial score (nSPS) is 12.6. The van der Waals surface area contributed by atoms with Gasteiger partial charge >= 0.3 is 0 Å². The summed E-state index contributed by atoms with van der Waals surface area (Å²) in [4.78, 5) is 9.90. The molecular formula is C15H26NOP. The molecule has 0 aliphatic rings. The van der Waals surface area contributed by atoms with Crippen LogP contribution in [0.4, 0.5) is 0 Å². The smallest absolute Gasteiger partial charge is 0.0251 e. The summed E-state index contributed by atoms with van der Waals surface area (Å²) in [6.45, 7) is 2.88. The van der Waals surface area contributed by atoms with Gasteiger partial charge in [-0.15, -0.1) is 0 Å². The molecule has 0 saturated heterocycles. The Kier molecular flexibility index (Phi) is 8.24. The van der Waals surface area contributed by atoms with E-state index in [0.29, 0.717) is 0 Å². The van der Waals surface area contributed by atoms with Crippen molar-refractivity contribution in [3.8, 4) is 0 Å². The highest BCUT2D eigenvalue weighted by Crippen LogP contribution is 2.32. The molecule has 0 radical (unpaired) electrons. The molecule has 0 heterocycles. The molecule has 0 fully saturated rings. The van der Waals surface area contributed by atoms with Crippen LogP contribution in [0.2, 0.25) is 0 Å². The SMILES string of the molecule is Cc1ccc(CCCP(O)CCCCCN)cc1. The Morgan fingerprint density at radius 2 is 1.67 bits per heavy atom. The third kappa shape index (κ3) is 7.10. The molecule has 1 aromatic carbocycles. The molecule has 102 valence electrons. The average Bonchev–Trinajstić information content (AvgIpc) is 2.37. The highest BCUT2D eigenvalue weighted by Gasteiger charge is 2.03. The molecule has 1 aromatic rings. The van der Waals surface area contributed by atoms with Crippen molar-refractivity contribution < 1.29 is 4.89 Å². The fourth-order valence-electron chi connectivity index (χ4n) is 1.95. The van der Waals surface area contributed by atoms with Gasteiger partial charge in [0.2, 0.25) is 0 Å². The molecule has 1 rings (SSSR count). The Bertz CT molecular complexity index is 313. The Morgan fingerprint density at radius 3 is 2.33 bits per heavy atom. The molecule has 0 saturated carbocycles. The van der Waals surface area contributed by atoms with E-state index in [2.05, 4.69) is 31.2 Å². The Morgan fingerprint density at radius 1 is 1.00 bits per heavy atom. The van der Waals surface area contributed by atoms with Crippen molar-refractivity contribution in [2.45, 2.75) is 39.0 Å². The zero-order chi connectivity index (χ0) is 13.2. The first-order valence-corrected chi connectivity index (χ1v) is 8.58. The molecule has 2 nitrogen and oxygen atoms in total. The summed E-state index contributed by atoms with van der Waals surface area (Å²) >= 11 is 0. The fraction of sp³-hybridized carbons (Fsp3) is 0.600. The number of unbranched alkanes of at least 4 members (excludes halogenated alkanes) is 2. The first-order chi connectivity index (χ1) is 8.72. The van der Waals surface area contributed by atoms with Crippen LogP contribution < -0.4 is 5.73 Å². The molecule has 3 heteroatoms. The van der Waals surface area contributed by atoms with Gasteiger partial charge in [-0.2, -0.15) is 0 Å². The zero-order valence-electron chi connectivity index (χ0n) is 11.4. The number of hydrogen-bond acceptors (Lipinski definition) is 2. The maximum atomic E-state index is 9.90. The van der Waals surface area contributed by atoms with E-state index in [4.69, 9.17) is 5.73 Å². The minimum Gasteiger partial charge on any atom is -0.374 e. The van der Waals surface area contributed by atoms with Crippen LogP contribution in [-0.2, 0) is 6.42 Å². The standard InChI is InChI=1S/C15H26NOP/c1-14-7-9-15(10-8-14)6-5-13-18(17)12-4-2-3-11-16/h7-10,17H,2-6,11-13,16H2,1H3. The van der Waals surface area contributed by atoms with Crippen LogP contribution in [0.5, 0.6) is 0 Å². The van der Waals surface area contributed by atoms with Crippen molar-refractivity contribution in [1.29, 1.82) is 0 Å². The second kappa shape index (κ2) is 9.49. The van der Waals surface area contributed by atoms with Crippen LogP contribution in [0.15, 0.2) is 24.3 Å². The van der Waals surface area contributed by atoms with Gasteiger partial charge in [-0.05, 0) is 57.0 Å². The third-order valence-electron chi connectivity index (χ3n) is 3.12. The van der Waals surface area contributed by atoms with E-state index >= 15 is 0 Å². The quantitative estimate of drug-likeness (QED) is 0.532. The van der Waals surface area contributed by atoms with Crippen LogP contribution in [0.1, 0.15) is 36.8 Å². The van der Waals surface area contributed by atoms with Crippen LogP contribution >= 0.6 is 8.15 Å². The van der Waals surface area contributed by atoms with Gasteiger partial charge in [-0.3, -0.25) is 0 Å². The Balaban J connectivity index is 2.07. The van der Waals surface area contributed by atoms with Crippen molar-refractivity contribution in [3.63, 3.8) is 0 Å². The Hall–Kier alpha value is -0.430. The first kappa shape index (κ1) is 15.6. The summed E-state index contributed by atoms with van der Waals surface area (Å²) in [5.74, 6) is 0. The molecule has 0 aromatic heterocycles. The van der Waals surface area contributed by atoms with Gasteiger partial charge in [0, 0.05) is 8.15 Å². The lowest BCUT2D eigenvalue weighted by Crippen LogP contribution is -1.99. The topological polar surface area (TPSA) is 46.2 Å². The molecule has 0 spiro atoms. The van der Waals surface area contributed by atoms with Gasteiger partial charge in [0.15, 0.2) is 0 Å². The van der Waals surface area contributed by atoms with Gasteiger partial charge < -0.3 is 10.6 Å². The van der Waals surface area contributed by atoms with Gasteiger partial charge in [0.25, 0.3) is 0 Å². The van der Waals surface area contributed by atoms with Crippen LogP contribution in [0.3, 0.4) is 0 Å². The molecule has 3 N–H and O–H groups in total. The van der Waals surface area contributed by atoms with E-state index in [0.717, 1.165) is 51.0 Å². The monoisotopic (exact) mass is 267 g/mol. The number of nitrogens with two attached hydrogens (primary N) is 1. The van der Waals surface area contributed by atoms with E-state index in [1.165, 1.54) is 11.1 Å². The van der Waals surface area contributed by atoms with Crippen molar-refractivity contribution in [2.24, 2.45) is 5.73 Å². The fourth-order valence-corrected chi connectivity index (χ4v) is 3.28. The van der Waals surface area contributed by atoms with Gasteiger partial charge in [0.1, 0.15) is 0 Å². The summed E-state index contributed by atoms with van der Waals surface area (Å²) in [7, 11) is -0.740. The first-order valence-electron chi connectivity index (χ1n) is 6.92. The van der Waals surface area contributed by atoms with Crippen molar-refractivity contribution in [2.75, 3.05) is 18.9 Å². The summed E-state index contributed by atoms with van der Waals surface area (Å²) in [6, 6.07) is 8.69. The molecule has 1 atom stereocenters. The predicted octanol–water partition coefficient (Wildman–Crippen LogP) is 3.45. The second-order valence-electron chi connectivity index (χ2n) is 4.89. The summed E-state index contributed by atoms with van der Waals surface area (Å²) < 4.78 is 0. The lowest BCUT2D eigenvalue weighted by molar-refractivity contribution is 0.610. The summed E-state index contributed by atoms with van der Waals surface area (Å²) in [5, 5.41) is 0. The molecular weight excluding hydrogens is 241 g/mol. The van der Waals surface area contributed by atoms with Crippen molar-refractivity contribution >= 4 is 8.15 Å². The summed E-state index contributed by atoms with van der Waals surface area (Å²) in [5.41, 5.74) is 8.13. The maximum absolute atomic E-state index is 9.90. The minimum atomic E-state index is -0.740. The third-order valence-corrected chi connectivity index (χ3v) is 4.79. The van der Waals surface area contributed by atoms with E-state index in [1.54, 1.807) is 0 Å². The molecule has 0 aliphatic carbocycles. The Labute approximate surface area is 112 Å². The largest absolute Gasteiger partial charge is 0.374 e. The van der Waals surface area contributed by atoms with Crippen molar-refractivity contribution in [3.05, 3.63) is 35.4 Å². The van der Waals surface area contributed by atoms with Crippen LogP contribution in [-0.4, -0.2) is 23.8 Å². The molecule has 0 bridgehead atoms. The van der Waals surface area contributed by atoms with Gasteiger partial charge in [-0.1, -0.05) is 36.2 Å². The van der Waals surface area contributed by atoms with Crippen molar-refractivity contribution in [1.82, 2.24) is 0 Å². The van der Waals surface area contributed by atoms with Gasteiger partial charge in [0.05, 0.1) is 0 Å². The average molecular weight is 267 g/mol. The number of aryl methyl sites for hydroxylation is 2. The highest BCUT2D eigenvalue weighted by atomic mass is 31.1. The van der Waals surface area contributed by atoms with Crippen LogP contribution in [0.25, 0.3) is 0 Å². The zero-order valence-corrected chi connectivity index (χ0v) is 12.3. The van der Waals surface area contributed by atoms with Crippen LogP contribution in [0, 0.1) is 6.92 Å².